The van der Waals surface area contributed by atoms with Crippen LogP contribution in [-0.4, -0.2) is 26.9 Å². The molecule has 134 valence electrons. The number of benzene rings is 2. The second-order valence-electron chi connectivity index (χ2n) is 6.77. The van der Waals surface area contributed by atoms with Crippen LogP contribution in [0.2, 0.25) is 5.02 Å². The van der Waals surface area contributed by atoms with E-state index < -0.39 is 0 Å². The minimum absolute atomic E-state index is 0.0575. The van der Waals surface area contributed by atoms with Crippen LogP contribution in [0.3, 0.4) is 0 Å². The molecule has 1 amide bonds. The maximum absolute atomic E-state index is 12.4. The Bertz CT molecular complexity index is 932. The Kier molecular flexibility index (Phi) is 4.68. The molecule has 1 aliphatic heterocycles. The number of hydrogen-bond acceptors (Lipinski definition) is 2. The van der Waals surface area contributed by atoms with Gasteiger partial charge in [0, 0.05) is 24.5 Å². The molecule has 4 nitrogen and oxygen atoms in total. The summed E-state index contributed by atoms with van der Waals surface area (Å²) in [5.41, 5.74) is 3.26. The highest BCUT2D eigenvalue weighted by atomic mass is 35.5. The van der Waals surface area contributed by atoms with Gasteiger partial charge in [0.1, 0.15) is 5.82 Å². The summed E-state index contributed by atoms with van der Waals surface area (Å²) in [5, 5.41) is 0.736. The summed E-state index contributed by atoms with van der Waals surface area (Å²) < 4.78 is 2.25. The van der Waals surface area contributed by atoms with Crippen LogP contribution in [0, 0.1) is 0 Å². The molecule has 1 aromatic heterocycles. The van der Waals surface area contributed by atoms with E-state index in [2.05, 4.69) is 10.6 Å². The predicted octanol–water partition coefficient (Wildman–Crippen LogP) is 4.81. The summed E-state index contributed by atoms with van der Waals surface area (Å²) in [5.74, 6) is 1.19. The highest BCUT2D eigenvalue weighted by Crippen LogP contribution is 2.34. The van der Waals surface area contributed by atoms with Gasteiger partial charge < -0.3 is 9.47 Å². The molecule has 0 bridgehead atoms. The molecule has 0 spiro atoms. The number of aromatic nitrogens is 2. The third kappa shape index (κ3) is 3.10. The number of para-hydroxylation sites is 2. The Morgan fingerprint density at radius 2 is 1.96 bits per heavy atom. The lowest BCUT2D eigenvalue weighted by Crippen LogP contribution is -2.31. The molecule has 1 aliphatic rings. The number of carbonyl (C=O) groups excluding carboxylic acids is 1. The molecule has 1 atom stereocenters. The second-order valence-corrected chi connectivity index (χ2v) is 7.21. The van der Waals surface area contributed by atoms with E-state index >= 15 is 0 Å². The van der Waals surface area contributed by atoms with Crippen molar-refractivity contribution in [2.24, 2.45) is 0 Å². The molecule has 26 heavy (non-hydrogen) atoms. The predicted molar refractivity (Wildman–Crippen MR) is 104 cm³/mol. The first-order chi connectivity index (χ1) is 12.7. The molecule has 1 saturated heterocycles. The zero-order chi connectivity index (χ0) is 18.1. The van der Waals surface area contributed by atoms with E-state index in [0.717, 1.165) is 47.8 Å². The summed E-state index contributed by atoms with van der Waals surface area (Å²) in [6, 6.07) is 16.2. The van der Waals surface area contributed by atoms with Gasteiger partial charge in [-0.05, 0) is 42.7 Å². The molecule has 3 aromatic rings. The van der Waals surface area contributed by atoms with Crippen molar-refractivity contribution in [2.75, 3.05) is 6.54 Å². The van der Waals surface area contributed by atoms with E-state index in [-0.39, 0.29) is 11.9 Å². The minimum Gasteiger partial charge on any atom is -0.333 e. The lowest BCUT2D eigenvalue weighted by Gasteiger charge is -2.25. The van der Waals surface area contributed by atoms with Crippen molar-refractivity contribution >= 4 is 28.5 Å². The molecule has 5 heteroatoms. The van der Waals surface area contributed by atoms with Crippen LogP contribution in [0.4, 0.5) is 0 Å². The Morgan fingerprint density at radius 3 is 2.73 bits per heavy atom. The number of hydrogen-bond donors (Lipinski definition) is 0. The quantitative estimate of drug-likeness (QED) is 0.663. The van der Waals surface area contributed by atoms with Crippen molar-refractivity contribution in [3.8, 4) is 0 Å². The van der Waals surface area contributed by atoms with E-state index in [1.54, 1.807) is 0 Å². The largest absolute Gasteiger partial charge is 0.333 e. The van der Waals surface area contributed by atoms with Crippen LogP contribution in [0.5, 0.6) is 0 Å². The summed E-state index contributed by atoms with van der Waals surface area (Å²) in [6.45, 7) is 3.47. The zero-order valence-corrected chi connectivity index (χ0v) is 15.6. The molecule has 4 rings (SSSR count). The average molecular weight is 368 g/mol. The van der Waals surface area contributed by atoms with Crippen molar-refractivity contribution in [1.29, 1.82) is 0 Å². The van der Waals surface area contributed by atoms with Gasteiger partial charge in [-0.15, -0.1) is 0 Å². The van der Waals surface area contributed by atoms with E-state index in [4.69, 9.17) is 16.6 Å². The van der Waals surface area contributed by atoms with Crippen molar-refractivity contribution in [3.63, 3.8) is 0 Å². The van der Waals surface area contributed by atoms with Crippen molar-refractivity contribution in [3.05, 3.63) is 64.9 Å². The zero-order valence-electron chi connectivity index (χ0n) is 14.9. The normalized spacial score (nSPS) is 17.2. The van der Waals surface area contributed by atoms with Crippen LogP contribution in [0.1, 0.15) is 43.6 Å². The third-order valence-electron chi connectivity index (χ3n) is 5.11. The number of amides is 1. The maximum Gasteiger partial charge on any atom is 0.222 e. The van der Waals surface area contributed by atoms with E-state index in [9.17, 15) is 4.79 Å². The van der Waals surface area contributed by atoms with E-state index in [1.807, 2.05) is 54.3 Å². The highest BCUT2D eigenvalue weighted by Gasteiger charge is 2.32. The molecule has 0 radical (unpaired) electrons. The molecule has 1 fully saturated rings. The van der Waals surface area contributed by atoms with Crippen LogP contribution >= 0.6 is 11.6 Å². The Morgan fingerprint density at radius 1 is 1.19 bits per heavy atom. The van der Waals surface area contributed by atoms with Gasteiger partial charge in [0.15, 0.2) is 0 Å². The number of fused-ring (bicyclic) bond motifs is 1. The number of rotatable bonds is 4. The standard InChI is InChI=1S/C21H22ClN3O/c1-2-20(26)24-13-5-8-19(24)21-23-17-6-3-4-7-18(17)25(21)14-15-9-11-16(22)12-10-15/h3-4,6-7,9-12,19H,2,5,8,13-14H2,1H3/t19-/m1/s1. The van der Waals surface area contributed by atoms with Crippen molar-refractivity contribution in [1.82, 2.24) is 14.5 Å². The average Bonchev–Trinajstić information content (AvgIpc) is 3.28. The highest BCUT2D eigenvalue weighted by molar-refractivity contribution is 6.30. The molecule has 0 unspecified atom stereocenters. The van der Waals surface area contributed by atoms with Crippen LogP contribution < -0.4 is 0 Å². The van der Waals surface area contributed by atoms with Crippen LogP contribution in [0.25, 0.3) is 11.0 Å². The molecule has 0 aliphatic carbocycles. The van der Waals surface area contributed by atoms with Crippen molar-refractivity contribution < 1.29 is 4.79 Å². The maximum atomic E-state index is 12.4. The minimum atomic E-state index is 0.0575. The molecular weight excluding hydrogens is 346 g/mol. The number of nitrogens with zero attached hydrogens (tertiary/aromatic N) is 3. The molecule has 2 aromatic carbocycles. The van der Waals surface area contributed by atoms with Gasteiger partial charge in [0.05, 0.1) is 17.1 Å². The summed E-state index contributed by atoms with van der Waals surface area (Å²) in [6.07, 6.45) is 2.53. The van der Waals surface area contributed by atoms with Crippen LogP contribution in [-0.2, 0) is 11.3 Å². The number of carbonyl (C=O) groups is 1. The number of halogens is 1. The topological polar surface area (TPSA) is 38.1 Å². The summed E-state index contributed by atoms with van der Waals surface area (Å²) in [4.78, 5) is 19.3. The van der Waals surface area contributed by atoms with Gasteiger partial charge in [-0.2, -0.15) is 0 Å². The fraction of sp³-hybridized carbons (Fsp3) is 0.333. The van der Waals surface area contributed by atoms with Gasteiger partial charge in [-0.25, -0.2) is 4.98 Å². The lowest BCUT2D eigenvalue weighted by molar-refractivity contribution is -0.131. The first-order valence-electron chi connectivity index (χ1n) is 9.16. The second kappa shape index (κ2) is 7.12. The van der Waals surface area contributed by atoms with Gasteiger partial charge in [-0.3, -0.25) is 4.79 Å². The number of imidazole rings is 1. The summed E-state index contributed by atoms with van der Waals surface area (Å²) >= 11 is 6.03. The number of likely N-dealkylation sites (tertiary alicyclic amines) is 1. The lowest BCUT2D eigenvalue weighted by atomic mass is 10.1. The molecule has 0 saturated carbocycles. The Labute approximate surface area is 158 Å². The first-order valence-corrected chi connectivity index (χ1v) is 9.54. The SMILES string of the molecule is CCC(=O)N1CCC[C@@H]1c1nc2ccccc2n1Cc1ccc(Cl)cc1. The van der Waals surface area contributed by atoms with Gasteiger partial charge in [0.2, 0.25) is 5.91 Å². The monoisotopic (exact) mass is 367 g/mol. The fourth-order valence-corrected chi connectivity index (χ4v) is 3.95. The first kappa shape index (κ1) is 17.1. The molecule has 0 N–H and O–H groups in total. The smallest absolute Gasteiger partial charge is 0.222 e. The van der Waals surface area contributed by atoms with E-state index in [0.29, 0.717) is 6.42 Å². The Hall–Kier alpha value is -2.33. The molecule has 2 heterocycles. The fourth-order valence-electron chi connectivity index (χ4n) is 3.82. The third-order valence-corrected chi connectivity index (χ3v) is 5.36. The van der Waals surface area contributed by atoms with E-state index in [1.165, 1.54) is 5.56 Å². The van der Waals surface area contributed by atoms with Crippen molar-refractivity contribution in [2.45, 2.75) is 38.8 Å². The summed E-state index contributed by atoms with van der Waals surface area (Å²) in [7, 11) is 0. The molecular formula is C21H22ClN3O. The van der Waals surface area contributed by atoms with Crippen LogP contribution in [0.15, 0.2) is 48.5 Å². The Balaban J connectivity index is 1.79. The van der Waals surface area contributed by atoms with Gasteiger partial charge in [0.25, 0.3) is 0 Å². The van der Waals surface area contributed by atoms with Gasteiger partial charge in [-0.1, -0.05) is 42.8 Å². The van der Waals surface area contributed by atoms with Gasteiger partial charge >= 0.3 is 0 Å².